The highest BCUT2D eigenvalue weighted by Crippen LogP contribution is 2.29. The van der Waals surface area contributed by atoms with Gasteiger partial charge in [0.15, 0.2) is 0 Å². The van der Waals surface area contributed by atoms with Gasteiger partial charge in [-0.3, -0.25) is 9.10 Å². The molecule has 1 atom stereocenters. The fourth-order valence-electron chi connectivity index (χ4n) is 4.83. The number of nitrogens with zero attached hydrogens (tertiary/aromatic N) is 1. The zero-order chi connectivity index (χ0) is 27.1. The van der Waals surface area contributed by atoms with Gasteiger partial charge in [-0.25, -0.2) is 8.42 Å². The first-order chi connectivity index (χ1) is 18.3. The normalized spacial score (nSPS) is 13.9. The highest BCUT2D eigenvalue weighted by atomic mass is 32.2. The van der Waals surface area contributed by atoms with Crippen molar-refractivity contribution in [1.82, 2.24) is 5.32 Å². The van der Waals surface area contributed by atoms with Crippen molar-refractivity contribution in [3.63, 3.8) is 0 Å². The number of carbonyl (C=O) groups excluding carboxylic acids is 1. The standard InChI is InChI=1S/C30H36N2O4S2/c1-4-29(24-11-10-22-8-6-7-9-23(22)20-24)31-30(33)21-32(25-12-14-26(15-13-25)36-5-2)38(34,35)28-18-16-27(37-3)17-19-28/h10-20,29H,4-9,21H2,1-3H3,(H,31,33). The lowest BCUT2D eigenvalue weighted by atomic mass is 9.89. The number of amides is 1. The number of sulfonamides is 1. The van der Waals surface area contributed by atoms with Gasteiger partial charge in [0.05, 0.1) is 23.2 Å². The van der Waals surface area contributed by atoms with Gasteiger partial charge in [-0.05, 0) is 111 Å². The summed E-state index contributed by atoms with van der Waals surface area (Å²) in [5.74, 6) is 0.286. The second-order valence-electron chi connectivity index (χ2n) is 9.38. The van der Waals surface area contributed by atoms with Gasteiger partial charge in [0.25, 0.3) is 10.0 Å². The van der Waals surface area contributed by atoms with Crippen molar-refractivity contribution in [3.8, 4) is 5.75 Å². The van der Waals surface area contributed by atoms with E-state index >= 15 is 0 Å². The number of rotatable bonds is 11. The number of thioether (sulfide) groups is 1. The van der Waals surface area contributed by atoms with E-state index in [2.05, 4.69) is 23.5 Å². The van der Waals surface area contributed by atoms with E-state index < -0.39 is 10.0 Å². The molecule has 0 fully saturated rings. The first-order valence-electron chi connectivity index (χ1n) is 13.2. The Hall–Kier alpha value is -2.97. The Morgan fingerprint density at radius 2 is 1.66 bits per heavy atom. The number of fused-ring (bicyclic) bond motifs is 1. The maximum atomic E-state index is 13.8. The van der Waals surface area contributed by atoms with Gasteiger partial charge < -0.3 is 10.1 Å². The second-order valence-corrected chi connectivity index (χ2v) is 12.1. The molecule has 6 nitrogen and oxygen atoms in total. The summed E-state index contributed by atoms with van der Waals surface area (Å²) in [5, 5.41) is 3.09. The molecule has 38 heavy (non-hydrogen) atoms. The quantitative estimate of drug-likeness (QED) is 0.289. The van der Waals surface area contributed by atoms with Crippen LogP contribution in [0.2, 0.25) is 0 Å². The Balaban J connectivity index is 1.60. The topological polar surface area (TPSA) is 75.7 Å². The number of nitrogens with one attached hydrogen (secondary N) is 1. The predicted molar refractivity (Wildman–Crippen MR) is 155 cm³/mol. The number of benzene rings is 3. The van der Waals surface area contributed by atoms with Gasteiger partial charge >= 0.3 is 0 Å². The molecule has 0 radical (unpaired) electrons. The average Bonchev–Trinajstić information content (AvgIpc) is 2.95. The van der Waals surface area contributed by atoms with Crippen LogP contribution in [0.1, 0.15) is 55.8 Å². The molecule has 202 valence electrons. The number of anilines is 1. The lowest BCUT2D eigenvalue weighted by Crippen LogP contribution is -2.42. The molecule has 1 amide bonds. The van der Waals surface area contributed by atoms with Crippen LogP contribution in [-0.4, -0.2) is 33.7 Å². The van der Waals surface area contributed by atoms with Crippen molar-refractivity contribution >= 4 is 33.4 Å². The average molecular weight is 553 g/mol. The van der Waals surface area contributed by atoms with Crippen LogP contribution in [0.3, 0.4) is 0 Å². The van der Waals surface area contributed by atoms with Gasteiger partial charge in [0.1, 0.15) is 12.3 Å². The molecule has 0 aliphatic heterocycles. The summed E-state index contributed by atoms with van der Waals surface area (Å²) in [6, 6.07) is 19.8. The van der Waals surface area contributed by atoms with Gasteiger partial charge in [-0.1, -0.05) is 25.1 Å². The Bertz CT molecular complexity index is 1340. The van der Waals surface area contributed by atoms with E-state index in [4.69, 9.17) is 4.74 Å². The second kappa shape index (κ2) is 12.7. The van der Waals surface area contributed by atoms with Gasteiger partial charge in [0, 0.05) is 4.90 Å². The number of hydrogen-bond donors (Lipinski definition) is 1. The number of carbonyl (C=O) groups is 1. The van der Waals surface area contributed by atoms with Crippen molar-refractivity contribution in [1.29, 1.82) is 0 Å². The fourth-order valence-corrected chi connectivity index (χ4v) is 6.66. The first-order valence-corrected chi connectivity index (χ1v) is 15.8. The van der Waals surface area contributed by atoms with Gasteiger partial charge in [-0.2, -0.15) is 0 Å². The SMILES string of the molecule is CCOc1ccc(N(CC(=O)NC(CC)c2ccc3c(c2)CCCC3)S(=O)(=O)c2ccc(SC)cc2)cc1. The molecule has 8 heteroatoms. The van der Waals surface area contributed by atoms with E-state index in [1.165, 1.54) is 40.0 Å². The van der Waals surface area contributed by atoms with Crippen LogP contribution in [0.25, 0.3) is 0 Å². The lowest BCUT2D eigenvalue weighted by molar-refractivity contribution is -0.120. The molecule has 0 bridgehead atoms. The number of aryl methyl sites for hydroxylation is 2. The van der Waals surface area contributed by atoms with Crippen molar-refractivity contribution in [2.45, 2.75) is 61.8 Å². The molecule has 3 aromatic rings. The van der Waals surface area contributed by atoms with Gasteiger partial charge in [0.2, 0.25) is 5.91 Å². The zero-order valence-electron chi connectivity index (χ0n) is 22.3. The molecule has 1 N–H and O–H groups in total. The monoisotopic (exact) mass is 552 g/mol. The van der Waals surface area contributed by atoms with E-state index in [1.54, 1.807) is 48.5 Å². The van der Waals surface area contributed by atoms with Crippen LogP contribution in [0.15, 0.2) is 76.5 Å². The molecule has 0 spiro atoms. The van der Waals surface area contributed by atoms with Crippen molar-refractivity contribution in [2.24, 2.45) is 0 Å². The van der Waals surface area contributed by atoms with Crippen LogP contribution in [0.4, 0.5) is 5.69 Å². The van der Waals surface area contributed by atoms with E-state index in [-0.39, 0.29) is 23.4 Å². The summed E-state index contributed by atoms with van der Waals surface area (Å²) in [5.41, 5.74) is 4.21. The number of hydrogen-bond acceptors (Lipinski definition) is 5. The molecule has 1 aliphatic rings. The highest BCUT2D eigenvalue weighted by Gasteiger charge is 2.28. The van der Waals surface area contributed by atoms with Gasteiger partial charge in [-0.15, -0.1) is 11.8 Å². The minimum absolute atomic E-state index is 0.138. The van der Waals surface area contributed by atoms with E-state index in [0.29, 0.717) is 24.5 Å². The predicted octanol–water partition coefficient (Wildman–Crippen LogP) is 6.15. The summed E-state index contributed by atoms with van der Waals surface area (Å²) in [7, 11) is -4.00. The summed E-state index contributed by atoms with van der Waals surface area (Å²) < 4.78 is 34.2. The molecule has 1 unspecified atom stereocenters. The maximum Gasteiger partial charge on any atom is 0.264 e. The van der Waals surface area contributed by atoms with Crippen molar-refractivity contribution in [3.05, 3.63) is 83.4 Å². The smallest absolute Gasteiger partial charge is 0.264 e. The molecular weight excluding hydrogens is 516 g/mol. The first kappa shape index (κ1) is 28.0. The molecular formula is C30H36N2O4S2. The molecule has 4 rings (SSSR count). The molecule has 0 aromatic heterocycles. The maximum absolute atomic E-state index is 13.8. The summed E-state index contributed by atoms with van der Waals surface area (Å²) in [4.78, 5) is 14.5. The third-order valence-electron chi connectivity index (χ3n) is 6.89. The van der Waals surface area contributed by atoms with Crippen molar-refractivity contribution < 1.29 is 17.9 Å². The van der Waals surface area contributed by atoms with Crippen LogP contribution in [0.5, 0.6) is 5.75 Å². The molecule has 0 heterocycles. The third-order valence-corrected chi connectivity index (χ3v) is 9.42. The van der Waals surface area contributed by atoms with Crippen molar-refractivity contribution in [2.75, 3.05) is 23.7 Å². The van der Waals surface area contributed by atoms with Crippen LogP contribution in [-0.2, 0) is 27.7 Å². The van der Waals surface area contributed by atoms with E-state index in [1.807, 2.05) is 20.1 Å². The van der Waals surface area contributed by atoms with Crippen LogP contribution >= 0.6 is 11.8 Å². The Morgan fingerprint density at radius 1 is 0.974 bits per heavy atom. The largest absolute Gasteiger partial charge is 0.494 e. The van der Waals surface area contributed by atoms with Crippen LogP contribution in [0, 0.1) is 0 Å². The third kappa shape index (κ3) is 6.53. The Labute approximate surface area is 230 Å². The molecule has 1 aliphatic carbocycles. The van der Waals surface area contributed by atoms with E-state index in [9.17, 15) is 13.2 Å². The summed E-state index contributed by atoms with van der Waals surface area (Å²) in [6.07, 6.45) is 7.21. The summed E-state index contributed by atoms with van der Waals surface area (Å²) >= 11 is 1.54. The molecule has 3 aromatic carbocycles. The minimum atomic E-state index is -4.00. The fraction of sp³-hybridized carbons (Fsp3) is 0.367. The highest BCUT2D eigenvalue weighted by molar-refractivity contribution is 7.98. The Morgan fingerprint density at radius 3 is 2.29 bits per heavy atom. The van der Waals surface area contributed by atoms with Crippen LogP contribution < -0.4 is 14.4 Å². The molecule has 0 saturated carbocycles. The summed E-state index contributed by atoms with van der Waals surface area (Å²) in [6.45, 7) is 4.09. The number of ether oxygens (including phenoxy) is 1. The molecule has 0 saturated heterocycles. The minimum Gasteiger partial charge on any atom is -0.494 e. The van der Waals surface area contributed by atoms with E-state index in [0.717, 1.165) is 23.3 Å². The zero-order valence-corrected chi connectivity index (χ0v) is 23.9. The lowest BCUT2D eigenvalue weighted by Gasteiger charge is -2.26. The Kier molecular flexibility index (Phi) is 9.39.